The molecule has 0 aromatic heterocycles. The number of hydrogen-bond acceptors (Lipinski definition) is 6. The second kappa shape index (κ2) is 9.64. The molecule has 1 unspecified atom stereocenters. The summed E-state index contributed by atoms with van der Waals surface area (Å²) in [5, 5.41) is 11.2. The predicted octanol–water partition coefficient (Wildman–Crippen LogP) is 3.43. The summed E-state index contributed by atoms with van der Waals surface area (Å²) in [5.41, 5.74) is 1.43. The van der Waals surface area contributed by atoms with Gasteiger partial charge in [-0.3, -0.25) is 19.7 Å². The predicted molar refractivity (Wildman–Crippen MR) is 103 cm³/mol. The van der Waals surface area contributed by atoms with E-state index in [1.807, 2.05) is 30.3 Å². The minimum absolute atomic E-state index is 0.281. The van der Waals surface area contributed by atoms with Crippen LogP contribution in [0.2, 0.25) is 0 Å². The number of Topliss-reactive ketones (excluding diaryl/α,β-unsaturated/α-hetero) is 2. The van der Waals surface area contributed by atoms with E-state index in [9.17, 15) is 19.7 Å². The first-order chi connectivity index (χ1) is 13.3. The molecule has 0 amide bonds. The fourth-order valence-electron chi connectivity index (χ4n) is 3.19. The van der Waals surface area contributed by atoms with Crippen molar-refractivity contribution in [3.8, 4) is 11.5 Å². The van der Waals surface area contributed by atoms with E-state index in [0.717, 1.165) is 5.56 Å². The molecule has 0 aliphatic heterocycles. The number of carbonyl (C=O) groups is 2. The zero-order valence-electron chi connectivity index (χ0n) is 16.1. The molecule has 148 valence electrons. The van der Waals surface area contributed by atoms with E-state index in [2.05, 4.69) is 0 Å². The van der Waals surface area contributed by atoms with Crippen molar-refractivity contribution in [2.24, 2.45) is 5.92 Å². The zero-order valence-corrected chi connectivity index (χ0v) is 16.1. The SMILES string of the molecule is COc1ccc(C(C[N+](=O)[O-])C(C(C)=O)C(C)=O)cc1OCc1ccccc1. The Labute approximate surface area is 163 Å². The molecule has 0 spiro atoms. The molecule has 0 aliphatic rings. The van der Waals surface area contributed by atoms with Crippen molar-refractivity contribution in [1.29, 1.82) is 0 Å². The quantitative estimate of drug-likeness (QED) is 0.353. The highest BCUT2D eigenvalue weighted by Gasteiger charge is 2.35. The van der Waals surface area contributed by atoms with Crippen LogP contribution in [0.5, 0.6) is 11.5 Å². The molecule has 0 heterocycles. The highest BCUT2D eigenvalue weighted by atomic mass is 16.6. The third-order valence-corrected chi connectivity index (χ3v) is 4.48. The number of carbonyl (C=O) groups excluding carboxylic acids is 2. The molecule has 28 heavy (non-hydrogen) atoms. The minimum Gasteiger partial charge on any atom is -0.493 e. The lowest BCUT2D eigenvalue weighted by Crippen LogP contribution is -2.31. The molecule has 7 heteroatoms. The second-order valence-electron chi connectivity index (χ2n) is 6.51. The van der Waals surface area contributed by atoms with E-state index in [0.29, 0.717) is 17.1 Å². The fraction of sp³-hybridized carbons (Fsp3) is 0.333. The summed E-state index contributed by atoms with van der Waals surface area (Å²) in [7, 11) is 1.49. The Balaban J connectivity index is 2.39. The van der Waals surface area contributed by atoms with Crippen LogP contribution in [0.15, 0.2) is 48.5 Å². The third-order valence-electron chi connectivity index (χ3n) is 4.48. The molecule has 0 bridgehead atoms. The fourth-order valence-corrected chi connectivity index (χ4v) is 3.19. The maximum atomic E-state index is 12.0. The summed E-state index contributed by atoms with van der Waals surface area (Å²) in [5.74, 6) is -1.91. The van der Waals surface area contributed by atoms with Crippen molar-refractivity contribution >= 4 is 11.6 Å². The molecular formula is C21H23NO6. The van der Waals surface area contributed by atoms with Crippen molar-refractivity contribution in [2.45, 2.75) is 26.4 Å². The average Bonchev–Trinajstić information content (AvgIpc) is 2.65. The monoisotopic (exact) mass is 385 g/mol. The maximum Gasteiger partial charge on any atom is 0.211 e. The first-order valence-corrected chi connectivity index (χ1v) is 8.80. The van der Waals surface area contributed by atoms with E-state index in [4.69, 9.17) is 9.47 Å². The molecule has 7 nitrogen and oxygen atoms in total. The molecule has 0 radical (unpaired) electrons. The topological polar surface area (TPSA) is 95.7 Å². The number of ether oxygens (including phenoxy) is 2. The number of ketones is 2. The van der Waals surface area contributed by atoms with Crippen LogP contribution in [-0.2, 0) is 16.2 Å². The van der Waals surface area contributed by atoms with Crippen molar-refractivity contribution in [2.75, 3.05) is 13.7 Å². The number of hydrogen-bond donors (Lipinski definition) is 0. The second-order valence-corrected chi connectivity index (χ2v) is 6.51. The molecule has 0 aliphatic carbocycles. The van der Waals surface area contributed by atoms with Crippen molar-refractivity contribution in [3.63, 3.8) is 0 Å². The Bertz CT molecular complexity index is 835. The van der Waals surface area contributed by atoms with Gasteiger partial charge in [-0.1, -0.05) is 36.4 Å². The number of methoxy groups -OCH3 is 1. The molecule has 1 atom stereocenters. The van der Waals surface area contributed by atoms with E-state index < -0.39 is 34.9 Å². The van der Waals surface area contributed by atoms with Gasteiger partial charge < -0.3 is 9.47 Å². The smallest absolute Gasteiger partial charge is 0.211 e. The van der Waals surface area contributed by atoms with Gasteiger partial charge in [0.2, 0.25) is 6.54 Å². The van der Waals surface area contributed by atoms with Gasteiger partial charge in [-0.15, -0.1) is 0 Å². The number of nitrogens with zero attached hydrogens (tertiary/aromatic N) is 1. The molecule has 0 fully saturated rings. The average molecular weight is 385 g/mol. The van der Waals surface area contributed by atoms with Gasteiger partial charge in [0.1, 0.15) is 18.2 Å². The van der Waals surface area contributed by atoms with Gasteiger partial charge in [0.05, 0.1) is 18.9 Å². The lowest BCUT2D eigenvalue weighted by atomic mass is 9.81. The van der Waals surface area contributed by atoms with E-state index in [1.165, 1.54) is 21.0 Å². The van der Waals surface area contributed by atoms with Gasteiger partial charge in [0.15, 0.2) is 11.5 Å². The molecule has 2 aromatic rings. The Kier molecular flexibility index (Phi) is 7.26. The van der Waals surface area contributed by atoms with Crippen LogP contribution in [0.1, 0.15) is 30.9 Å². The minimum atomic E-state index is -1.08. The van der Waals surface area contributed by atoms with E-state index >= 15 is 0 Å². The van der Waals surface area contributed by atoms with Crippen molar-refractivity contribution in [1.82, 2.24) is 0 Å². The van der Waals surface area contributed by atoms with E-state index in [1.54, 1.807) is 18.2 Å². The van der Waals surface area contributed by atoms with Crippen LogP contribution < -0.4 is 9.47 Å². The summed E-state index contributed by atoms with van der Waals surface area (Å²) >= 11 is 0. The maximum absolute atomic E-state index is 12.0. The van der Waals surface area contributed by atoms with Gasteiger partial charge in [-0.2, -0.15) is 0 Å². The van der Waals surface area contributed by atoms with Crippen LogP contribution in [0, 0.1) is 16.0 Å². The van der Waals surface area contributed by atoms with Gasteiger partial charge in [0.25, 0.3) is 0 Å². The number of nitro groups is 1. The van der Waals surface area contributed by atoms with Crippen LogP contribution >= 0.6 is 0 Å². The van der Waals surface area contributed by atoms with Crippen LogP contribution in [0.25, 0.3) is 0 Å². The zero-order chi connectivity index (χ0) is 20.7. The van der Waals surface area contributed by atoms with Crippen molar-refractivity contribution < 1.29 is 24.0 Å². The molecule has 0 saturated heterocycles. The van der Waals surface area contributed by atoms with Crippen LogP contribution in [-0.4, -0.2) is 30.1 Å². The molecule has 0 N–H and O–H groups in total. The molecule has 2 aromatic carbocycles. The highest BCUT2D eigenvalue weighted by molar-refractivity contribution is 6.01. The normalized spacial score (nSPS) is 11.7. The first-order valence-electron chi connectivity index (χ1n) is 8.80. The molecular weight excluding hydrogens is 362 g/mol. The van der Waals surface area contributed by atoms with Crippen LogP contribution in [0.3, 0.4) is 0 Å². The van der Waals surface area contributed by atoms with Gasteiger partial charge in [-0.25, -0.2) is 0 Å². The lowest BCUT2D eigenvalue weighted by molar-refractivity contribution is -0.484. The summed E-state index contributed by atoms with van der Waals surface area (Å²) in [6, 6.07) is 14.4. The summed E-state index contributed by atoms with van der Waals surface area (Å²) in [6.45, 7) is 2.29. The Morgan fingerprint density at radius 3 is 2.21 bits per heavy atom. The first kappa shape index (κ1) is 21.1. The standard InChI is InChI=1S/C21H23NO6/c1-14(23)21(15(2)24)18(12-22(25)26)17-9-10-19(27-3)20(11-17)28-13-16-7-5-4-6-8-16/h4-11,18,21H,12-13H2,1-3H3. The van der Waals surface area contributed by atoms with E-state index in [-0.39, 0.29) is 6.61 Å². The number of benzene rings is 2. The Hall–Kier alpha value is -3.22. The Morgan fingerprint density at radius 2 is 1.68 bits per heavy atom. The van der Waals surface area contributed by atoms with Crippen molar-refractivity contribution in [3.05, 3.63) is 69.8 Å². The summed E-state index contributed by atoms with van der Waals surface area (Å²) in [6.07, 6.45) is 0. The van der Waals surface area contributed by atoms with Gasteiger partial charge >= 0.3 is 0 Å². The Morgan fingerprint density at radius 1 is 1.04 bits per heavy atom. The molecule has 2 rings (SSSR count). The summed E-state index contributed by atoms with van der Waals surface area (Å²) < 4.78 is 11.2. The summed E-state index contributed by atoms with van der Waals surface area (Å²) in [4.78, 5) is 34.7. The van der Waals surface area contributed by atoms with Gasteiger partial charge in [-0.05, 0) is 37.1 Å². The lowest BCUT2D eigenvalue weighted by Gasteiger charge is -2.21. The van der Waals surface area contributed by atoms with Gasteiger partial charge in [0, 0.05) is 4.92 Å². The molecule has 0 saturated carbocycles. The van der Waals surface area contributed by atoms with Crippen LogP contribution in [0.4, 0.5) is 0 Å². The largest absolute Gasteiger partial charge is 0.493 e. The highest BCUT2D eigenvalue weighted by Crippen LogP contribution is 2.35. The number of rotatable bonds is 10. The third kappa shape index (κ3) is 5.39.